The summed E-state index contributed by atoms with van der Waals surface area (Å²) in [6.45, 7) is 4.72. The van der Waals surface area contributed by atoms with Gasteiger partial charge < -0.3 is 9.29 Å². The third-order valence-electron chi connectivity index (χ3n) is 5.75. The molecule has 6 nitrogen and oxygen atoms in total. The van der Waals surface area contributed by atoms with Gasteiger partial charge in [-0.25, -0.2) is 9.19 Å². The van der Waals surface area contributed by atoms with Crippen LogP contribution in [0.3, 0.4) is 0 Å². The highest BCUT2D eigenvalue weighted by Gasteiger charge is 2.21. The fourth-order valence-corrected chi connectivity index (χ4v) is 4.76. The fourth-order valence-electron chi connectivity index (χ4n) is 4.13. The smallest absolute Gasteiger partial charge is 0.153 e. The van der Waals surface area contributed by atoms with E-state index in [1.807, 2.05) is 24.3 Å². The summed E-state index contributed by atoms with van der Waals surface area (Å²) >= 11 is -1.96. The summed E-state index contributed by atoms with van der Waals surface area (Å²) in [5.41, 5.74) is 6.94. The summed E-state index contributed by atoms with van der Waals surface area (Å²) in [7, 11) is 1.78. The number of nitrogens with zero attached hydrogens (tertiary/aromatic N) is 3. The Morgan fingerprint density at radius 3 is 2.36 bits per heavy atom. The van der Waals surface area contributed by atoms with E-state index in [0.717, 1.165) is 16.9 Å². The summed E-state index contributed by atoms with van der Waals surface area (Å²) in [5, 5.41) is 4.09. The van der Waals surface area contributed by atoms with Gasteiger partial charge in [0, 0.05) is 7.05 Å². The molecular weight excluding hydrogens is 434 g/mol. The highest BCUT2D eigenvalue weighted by atomic mass is 32.2. The van der Waals surface area contributed by atoms with Crippen LogP contribution in [0, 0.1) is 13.8 Å². The number of aromatic nitrogens is 3. The molecule has 1 heterocycles. The van der Waals surface area contributed by atoms with E-state index in [1.54, 1.807) is 11.7 Å². The lowest BCUT2D eigenvalue weighted by Gasteiger charge is -2.16. The van der Waals surface area contributed by atoms with Crippen molar-refractivity contribution in [2.24, 2.45) is 7.05 Å². The molecule has 0 aliphatic heterocycles. The third-order valence-corrected chi connectivity index (χ3v) is 6.37. The summed E-state index contributed by atoms with van der Waals surface area (Å²) in [6, 6.07) is 22.4. The lowest BCUT2D eigenvalue weighted by Crippen LogP contribution is -2.15. The third kappa shape index (κ3) is 5.38. The molecule has 2 atom stereocenters. The summed E-state index contributed by atoms with van der Waals surface area (Å²) < 4.78 is 28.6. The minimum absolute atomic E-state index is 0.0534. The topological polar surface area (TPSA) is 77.2 Å². The molecule has 2 unspecified atom stereocenters. The van der Waals surface area contributed by atoms with Crippen molar-refractivity contribution in [3.63, 3.8) is 0 Å². The molecule has 0 aliphatic rings. The first kappa shape index (κ1) is 22.9. The maximum Gasteiger partial charge on any atom is 0.153 e. The molecular formula is C26H27N3O3S. The minimum atomic E-state index is -1.96. The highest BCUT2D eigenvalue weighted by molar-refractivity contribution is 7.79. The molecule has 3 aromatic carbocycles. The Bertz CT molecular complexity index is 1250. The first-order valence-corrected chi connectivity index (χ1v) is 12.0. The van der Waals surface area contributed by atoms with E-state index in [4.69, 9.17) is 4.74 Å². The van der Waals surface area contributed by atoms with Crippen LogP contribution in [0.25, 0.3) is 11.1 Å². The second-order valence-corrected chi connectivity index (χ2v) is 9.08. The van der Waals surface area contributed by atoms with Crippen LogP contribution in [0.5, 0.6) is 5.75 Å². The number of benzene rings is 3. The van der Waals surface area contributed by atoms with Gasteiger partial charge in [0.15, 0.2) is 11.1 Å². The van der Waals surface area contributed by atoms with E-state index in [9.17, 15) is 8.76 Å². The largest absolute Gasteiger partial charge is 0.489 e. The molecule has 0 aliphatic carbocycles. The molecule has 0 bridgehead atoms. The van der Waals surface area contributed by atoms with Gasteiger partial charge in [0.05, 0.1) is 11.7 Å². The van der Waals surface area contributed by atoms with Crippen molar-refractivity contribution in [1.29, 1.82) is 0 Å². The van der Waals surface area contributed by atoms with Crippen LogP contribution >= 0.6 is 0 Å². The Kier molecular flexibility index (Phi) is 7.01. The standard InChI is InChI=1S/C26H27N3O3S/c1-18-6-4-7-19(2)25(18)22-9-5-8-20(14-22)15-32-23-12-10-21(11-13-23)24(16-33(30)31)26-27-17-28-29(26)3/h4-14,17,24H,15-16H2,1-3H3,(H,30,31). The predicted octanol–water partition coefficient (Wildman–Crippen LogP) is 5.03. The molecule has 0 saturated heterocycles. The van der Waals surface area contributed by atoms with Gasteiger partial charge in [0.25, 0.3) is 0 Å². The zero-order chi connectivity index (χ0) is 23.4. The lowest BCUT2D eigenvalue weighted by atomic mass is 9.95. The first-order valence-electron chi connectivity index (χ1n) is 10.7. The van der Waals surface area contributed by atoms with E-state index in [0.29, 0.717) is 12.4 Å². The van der Waals surface area contributed by atoms with E-state index in [2.05, 4.69) is 66.4 Å². The van der Waals surface area contributed by atoms with Crippen LogP contribution in [0.4, 0.5) is 0 Å². The Hall–Kier alpha value is -3.29. The van der Waals surface area contributed by atoms with Crippen molar-refractivity contribution >= 4 is 11.1 Å². The normalized spacial score (nSPS) is 13.0. The fraction of sp³-hybridized carbons (Fsp3) is 0.231. The van der Waals surface area contributed by atoms with E-state index < -0.39 is 11.1 Å². The Morgan fingerprint density at radius 2 is 1.73 bits per heavy atom. The number of ether oxygens (including phenoxy) is 1. The van der Waals surface area contributed by atoms with Gasteiger partial charge in [-0.05, 0) is 65.4 Å². The minimum Gasteiger partial charge on any atom is -0.489 e. The number of hydrogen-bond donors (Lipinski definition) is 1. The van der Waals surface area contributed by atoms with E-state index in [-0.39, 0.29) is 11.7 Å². The second kappa shape index (κ2) is 10.1. The Morgan fingerprint density at radius 1 is 1.03 bits per heavy atom. The van der Waals surface area contributed by atoms with Crippen LogP contribution < -0.4 is 4.74 Å². The zero-order valence-corrected chi connectivity index (χ0v) is 19.7. The van der Waals surface area contributed by atoms with Crippen molar-refractivity contribution in [2.45, 2.75) is 26.4 Å². The predicted molar refractivity (Wildman–Crippen MR) is 131 cm³/mol. The average Bonchev–Trinajstić information content (AvgIpc) is 3.22. The van der Waals surface area contributed by atoms with Crippen LogP contribution in [-0.2, 0) is 24.7 Å². The molecule has 4 rings (SSSR count). The molecule has 1 N–H and O–H groups in total. The quantitative estimate of drug-likeness (QED) is 0.372. The van der Waals surface area contributed by atoms with Crippen LogP contribution in [0.15, 0.2) is 73.1 Å². The molecule has 0 saturated carbocycles. The van der Waals surface area contributed by atoms with Gasteiger partial charge in [-0.2, -0.15) is 5.10 Å². The van der Waals surface area contributed by atoms with E-state index >= 15 is 0 Å². The van der Waals surface area contributed by atoms with Gasteiger partial charge >= 0.3 is 0 Å². The number of rotatable bonds is 8. The van der Waals surface area contributed by atoms with Crippen molar-refractivity contribution in [3.05, 3.63) is 101 Å². The molecule has 0 fully saturated rings. The molecule has 170 valence electrons. The van der Waals surface area contributed by atoms with Crippen molar-refractivity contribution in [3.8, 4) is 16.9 Å². The van der Waals surface area contributed by atoms with Gasteiger partial charge in [-0.3, -0.25) is 4.68 Å². The molecule has 0 amide bonds. The van der Waals surface area contributed by atoms with Crippen LogP contribution in [-0.4, -0.2) is 29.3 Å². The van der Waals surface area contributed by atoms with Crippen molar-refractivity contribution < 1.29 is 13.5 Å². The maximum atomic E-state index is 11.5. The van der Waals surface area contributed by atoms with E-state index in [1.165, 1.54) is 28.6 Å². The van der Waals surface area contributed by atoms with Crippen LogP contribution in [0.1, 0.15) is 34.0 Å². The summed E-state index contributed by atoms with van der Waals surface area (Å²) in [6.07, 6.45) is 1.45. The summed E-state index contributed by atoms with van der Waals surface area (Å²) in [5.74, 6) is 1.11. The van der Waals surface area contributed by atoms with Crippen LogP contribution in [0.2, 0.25) is 0 Å². The molecule has 33 heavy (non-hydrogen) atoms. The molecule has 0 radical (unpaired) electrons. The lowest BCUT2D eigenvalue weighted by molar-refractivity contribution is 0.306. The zero-order valence-electron chi connectivity index (χ0n) is 18.9. The van der Waals surface area contributed by atoms with Gasteiger partial charge in [0.2, 0.25) is 0 Å². The van der Waals surface area contributed by atoms with Gasteiger partial charge in [-0.1, -0.05) is 48.5 Å². The molecule has 1 aromatic heterocycles. The average molecular weight is 462 g/mol. The monoisotopic (exact) mass is 461 g/mol. The Labute approximate surface area is 196 Å². The highest BCUT2D eigenvalue weighted by Crippen LogP contribution is 2.29. The van der Waals surface area contributed by atoms with Crippen molar-refractivity contribution in [1.82, 2.24) is 14.8 Å². The maximum absolute atomic E-state index is 11.5. The number of hydrogen-bond acceptors (Lipinski definition) is 4. The second-order valence-electron chi connectivity index (χ2n) is 8.11. The summed E-state index contributed by atoms with van der Waals surface area (Å²) in [4.78, 5) is 4.26. The SMILES string of the molecule is Cc1cccc(C)c1-c1cccc(COc2ccc(C(CS(=O)O)c3ncnn3C)cc2)c1. The molecule has 4 aromatic rings. The molecule has 7 heteroatoms. The van der Waals surface area contributed by atoms with Crippen molar-refractivity contribution in [2.75, 3.05) is 5.75 Å². The first-order chi connectivity index (χ1) is 15.9. The number of aryl methyl sites for hydroxylation is 3. The van der Waals surface area contributed by atoms with Gasteiger partial charge in [0.1, 0.15) is 24.5 Å². The van der Waals surface area contributed by atoms with Gasteiger partial charge in [-0.15, -0.1) is 0 Å². The Balaban J connectivity index is 1.49. The molecule has 0 spiro atoms.